The molecule has 0 aliphatic carbocycles. The molecule has 0 aliphatic heterocycles. The van der Waals surface area contributed by atoms with Gasteiger partial charge in [0.05, 0.1) is 24.9 Å². The van der Waals surface area contributed by atoms with Crippen molar-refractivity contribution >= 4 is 21.9 Å². The van der Waals surface area contributed by atoms with Crippen LogP contribution in [-0.4, -0.2) is 22.4 Å². The van der Waals surface area contributed by atoms with Crippen molar-refractivity contribution in [3.63, 3.8) is 0 Å². The van der Waals surface area contributed by atoms with E-state index >= 15 is 0 Å². The Balaban J connectivity index is 2.06. The maximum atomic E-state index is 11.4. The molecule has 0 aliphatic rings. The predicted molar refractivity (Wildman–Crippen MR) is 63.7 cm³/mol. The molecule has 0 amide bonds. The molecule has 2 aromatic rings. The molecule has 90 valence electrons. The number of furan rings is 1. The lowest BCUT2D eigenvalue weighted by Crippen LogP contribution is -2.03. The van der Waals surface area contributed by atoms with E-state index in [1.165, 1.54) is 6.20 Å². The number of esters is 1. The van der Waals surface area contributed by atoms with Crippen LogP contribution in [0, 0.1) is 0 Å². The fourth-order valence-electron chi connectivity index (χ4n) is 1.37. The molecule has 0 spiro atoms. The second-order valence-corrected chi connectivity index (χ2v) is 4.13. The zero-order valence-corrected chi connectivity index (χ0v) is 10.8. The van der Waals surface area contributed by atoms with Crippen LogP contribution in [0.3, 0.4) is 0 Å². The van der Waals surface area contributed by atoms with Gasteiger partial charge in [0, 0.05) is 6.20 Å². The van der Waals surface area contributed by atoms with Crippen LogP contribution in [0.4, 0.5) is 0 Å². The standard InChI is InChI=1S/C11H11BrN2O3/c1-2-16-11(15)8-5-13-14(6-8)7-9-3-4-10(12)17-9/h3-6H,2,7H2,1H3. The smallest absolute Gasteiger partial charge is 0.341 e. The van der Waals surface area contributed by atoms with Gasteiger partial charge in [-0.15, -0.1) is 0 Å². The maximum Gasteiger partial charge on any atom is 0.341 e. The first kappa shape index (κ1) is 11.9. The molecule has 0 aromatic carbocycles. The van der Waals surface area contributed by atoms with Gasteiger partial charge in [0.25, 0.3) is 0 Å². The van der Waals surface area contributed by atoms with Crippen molar-refractivity contribution in [1.82, 2.24) is 9.78 Å². The number of nitrogens with zero attached hydrogens (tertiary/aromatic N) is 2. The highest BCUT2D eigenvalue weighted by molar-refractivity contribution is 9.10. The van der Waals surface area contributed by atoms with Gasteiger partial charge >= 0.3 is 5.97 Å². The Kier molecular flexibility index (Phi) is 3.63. The molecule has 0 bridgehead atoms. The van der Waals surface area contributed by atoms with Gasteiger partial charge in [0.2, 0.25) is 0 Å². The third-order valence-corrected chi connectivity index (χ3v) is 2.52. The van der Waals surface area contributed by atoms with Crippen LogP contribution in [0.15, 0.2) is 33.6 Å². The Morgan fingerprint density at radius 2 is 2.41 bits per heavy atom. The fourth-order valence-corrected chi connectivity index (χ4v) is 1.71. The van der Waals surface area contributed by atoms with Crippen LogP contribution in [0.25, 0.3) is 0 Å². The lowest BCUT2D eigenvalue weighted by molar-refractivity contribution is 0.0526. The number of hydrogen-bond acceptors (Lipinski definition) is 4. The minimum atomic E-state index is -0.362. The largest absolute Gasteiger partial charge is 0.462 e. The van der Waals surface area contributed by atoms with Gasteiger partial charge in [-0.3, -0.25) is 4.68 Å². The molecule has 2 heterocycles. The lowest BCUT2D eigenvalue weighted by Gasteiger charge is -1.98. The van der Waals surface area contributed by atoms with Crippen LogP contribution in [0.2, 0.25) is 0 Å². The van der Waals surface area contributed by atoms with Crippen molar-refractivity contribution in [3.05, 3.63) is 40.5 Å². The molecular formula is C11H11BrN2O3. The van der Waals surface area contributed by atoms with Gasteiger partial charge in [-0.25, -0.2) is 4.79 Å². The fraction of sp³-hybridized carbons (Fsp3) is 0.273. The molecule has 2 aromatic heterocycles. The van der Waals surface area contributed by atoms with Crippen molar-refractivity contribution in [2.45, 2.75) is 13.5 Å². The van der Waals surface area contributed by atoms with Crippen LogP contribution in [0.5, 0.6) is 0 Å². The topological polar surface area (TPSA) is 57.3 Å². The molecule has 0 fully saturated rings. The quantitative estimate of drug-likeness (QED) is 0.814. The summed E-state index contributed by atoms with van der Waals surface area (Å²) >= 11 is 3.22. The summed E-state index contributed by atoms with van der Waals surface area (Å²) in [5.74, 6) is 0.398. The monoisotopic (exact) mass is 298 g/mol. The van der Waals surface area contributed by atoms with Gasteiger partial charge in [-0.1, -0.05) is 0 Å². The molecule has 2 rings (SSSR count). The van der Waals surface area contributed by atoms with E-state index in [2.05, 4.69) is 21.0 Å². The summed E-state index contributed by atoms with van der Waals surface area (Å²) in [7, 11) is 0. The highest BCUT2D eigenvalue weighted by Gasteiger charge is 2.10. The molecule has 0 radical (unpaired) electrons. The minimum Gasteiger partial charge on any atom is -0.462 e. The first-order valence-corrected chi connectivity index (χ1v) is 5.92. The van der Waals surface area contributed by atoms with Crippen LogP contribution < -0.4 is 0 Å². The van der Waals surface area contributed by atoms with Crippen LogP contribution in [0.1, 0.15) is 23.0 Å². The molecule has 0 saturated carbocycles. The van der Waals surface area contributed by atoms with Crippen LogP contribution in [-0.2, 0) is 11.3 Å². The van der Waals surface area contributed by atoms with Gasteiger partial charge in [0.1, 0.15) is 5.76 Å². The molecule has 5 nitrogen and oxygen atoms in total. The van der Waals surface area contributed by atoms with Crippen molar-refractivity contribution in [2.24, 2.45) is 0 Å². The van der Waals surface area contributed by atoms with Crippen molar-refractivity contribution in [3.8, 4) is 0 Å². The van der Waals surface area contributed by atoms with E-state index in [4.69, 9.17) is 9.15 Å². The summed E-state index contributed by atoms with van der Waals surface area (Å²) in [6, 6.07) is 3.65. The molecular weight excluding hydrogens is 288 g/mol. The van der Waals surface area contributed by atoms with Gasteiger partial charge in [-0.05, 0) is 35.0 Å². The van der Waals surface area contributed by atoms with Crippen molar-refractivity contribution in [1.29, 1.82) is 0 Å². The van der Waals surface area contributed by atoms with Gasteiger partial charge in [0.15, 0.2) is 4.67 Å². The number of carbonyl (C=O) groups is 1. The lowest BCUT2D eigenvalue weighted by atomic mass is 10.4. The normalized spacial score (nSPS) is 10.5. The average Bonchev–Trinajstić information content (AvgIpc) is 2.89. The summed E-state index contributed by atoms with van der Waals surface area (Å²) in [5, 5.41) is 4.06. The van der Waals surface area contributed by atoms with E-state index in [0.717, 1.165) is 5.76 Å². The van der Waals surface area contributed by atoms with E-state index < -0.39 is 0 Å². The van der Waals surface area contributed by atoms with E-state index in [0.29, 0.717) is 23.4 Å². The van der Waals surface area contributed by atoms with Crippen molar-refractivity contribution < 1.29 is 13.9 Å². The number of halogens is 1. The summed E-state index contributed by atoms with van der Waals surface area (Å²) in [4.78, 5) is 11.4. The minimum absolute atomic E-state index is 0.356. The third-order valence-electron chi connectivity index (χ3n) is 2.09. The molecule has 6 heteroatoms. The summed E-state index contributed by atoms with van der Waals surface area (Å²) < 4.78 is 12.5. The maximum absolute atomic E-state index is 11.4. The van der Waals surface area contributed by atoms with Crippen LogP contribution >= 0.6 is 15.9 Å². The van der Waals surface area contributed by atoms with Crippen molar-refractivity contribution in [2.75, 3.05) is 6.61 Å². The third kappa shape index (κ3) is 2.97. The second-order valence-electron chi connectivity index (χ2n) is 3.35. The first-order valence-electron chi connectivity index (χ1n) is 5.13. The average molecular weight is 299 g/mol. The first-order chi connectivity index (χ1) is 8.19. The zero-order valence-electron chi connectivity index (χ0n) is 9.22. The Bertz CT molecular complexity index is 518. The number of rotatable bonds is 4. The highest BCUT2D eigenvalue weighted by Crippen LogP contribution is 2.15. The molecule has 17 heavy (non-hydrogen) atoms. The summed E-state index contributed by atoms with van der Waals surface area (Å²) in [6.07, 6.45) is 3.12. The predicted octanol–water partition coefficient (Wildman–Crippen LogP) is 2.46. The second kappa shape index (κ2) is 5.18. The SMILES string of the molecule is CCOC(=O)c1cnn(Cc2ccc(Br)o2)c1. The molecule has 0 N–H and O–H groups in total. The van der Waals surface area contributed by atoms with E-state index in [-0.39, 0.29) is 5.97 Å². The zero-order chi connectivity index (χ0) is 12.3. The number of aromatic nitrogens is 2. The molecule has 0 saturated heterocycles. The Hall–Kier alpha value is -1.56. The van der Waals surface area contributed by atoms with E-state index in [1.54, 1.807) is 17.8 Å². The molecule has 0 unspecified atom stereocenters. The Morgan fingerprint density at radius 1 is 1.59 bits per heavy atom. The summed E-state index contributed by atoms with van der Waals surface area (Å²) in [5.41, 5.74) is 0.442. The van der Waals surface area contributed by atoms with E-state index in [9.17, 15) is 4.79 Å². The van der Waals surface area contributed by atoms with E-state index in [1.807, 2.05) is 12.1 Å². The van der Waals surface area contributed by atoms with Gasteiger partial charge < -0.3 is 9.15 Å². The van der Waals surface area contributed by atoms with Gasteiger partial charge in [-0.2, -0.15) is 5.10 Å². The Morgan fingerprint density at radius 3 is 3.06 bits per heavy atom. The Labute approximate surface area is 106 Å². The number of carbonyl (C=O) groups excluding carboxylic acids is 1. The summed E-state index contributed by atoms with van der Waals surface area (Å²) in [6.45, 7) is 2.60. The number of ether oxygens (including phenoxy) is 1. The highest BCUT2D eigenvalue weighted by atomic mass is 79.9. The number of hydrogen-bond donors (Lipinski definition) is 0. The molecule has 0 atom stereocenters.